The molecule has 0 radical (unpaired) electrons. The first-order valence-corrected chi connectivity index (χ1v) is 5.15. The number of aliphatic hydroxyl groups is 1. The van der Waals surface area contributed by atoms with Crippen LogP contribution < -0.4 is 0 Å². The molecule has 78 valence electrons. The summed E-state index contributed by atoms with van der Waals surface area (Å²) in [5, 5.41) is 13.4. The number of rotatable bonds is 4. The molecular formula is C10H16N2O2. The van der Waals surface area contributed by atoms with E-state index in [1.165, 1.54) is 0 Å². The fourth-order valence-corrected chi connectivity index (χ4v) is 1.34. The number of hydrogen-bond donors (Lipinski definition) is 1. The molecular weight excluding hydrogens is 180 g/mol. The first kappa shape index (κ1) is 9.65. The lowest BCUT2D eigenvalue weighted by Crippen LogP contribution is -2.09. The Kier molecular flexibility index (Phi) is 2.31. The summed E-state index contributed by atoms with van der Waals surface area (Å²) in [4.78, 5) is 4.29. The Morgan fingerprint density at radius 3 is 2.86 bits per heavy atom. The zero-order chi connectivity index (χ0) is 10.2. The average molecular weight is 196 g/mol. The summed E-state index contributed by atoms with van der Waals surface area (Å²) in [7, 11) is 0. The van der Waals surface area contributed by atoms with Crippen molar-refractivity contribution >= 4 is 0 Å². The van der Waals surface area contributed by atoms with Crippen molar-refractivity contribution in [2.75, 3.05) is 0 Å². The normalized spacial score (nSPS) is 20.8. The van der Waals surface area contributed by atoms with Gasteiger partial charge in [0.1, 0.15) is 0 Å². The Morgan fingerprint density at radius 1 is 1.57 bits per heavy atom. The lowest BCUT2D eigenvalue weighted by molar-refractivity contribution is 0.158. The van der Waals surface area contributed by atoms with Crippen molar-refractivity contribution in [3.8, 4) is 0 Å². The van der Waals surface area contributed by atoms with Gasteiger partial charge in [0.25, 0.3) is 0 Å². The Hall–Kier alpha value is -0.900. The van der Waals surface area contributed by atoms with Gasteiger partial charge in [-0.15, -0.1) is 0 Å². The van der Waals surface area contributed by atoms with E-state index in [0.29, 0.717) is 12.3 Å². The topological polar surface area (TPSA) is 59.2 Å². The molecule has 0 aliphatic heterocycles. The van der Waals surface area contributed by atoms with Crippen molar-refractivity contribution in [3.63, 3.8) is 0 Å². The van der Waals surface area contributed by atoms with Gasteiger partial charge in [-0.2, -0.15) is 4.98 Å². The number of aromatic nitrogens is 2. The highest BCUT2D eigenvalue weighted by Gasteiger charge is 2.43. The molecule has 14 heavy (non-hydrogen) atoms. The van der Waals surface area contributed by atoms with E-state index >= 15 is 0 Å². The molecule has 4 nitrogen and oxygen atoms in total. The van der Waals surface area contributed by atoms with E-state index in [0.717, 1.165) is 25.1 Å². The SMILES string of the molecule is CCC(O)Cc1nc(C2(C)CC2)no1. The maximum Gasteiger partial charge on any atom is 0.229 e. The molecule has 0 aromatic carbocycles. The summed E-state index contributed by atoms with van der Waals surface area (Å²) < 4.78 is 5.08. The van der Waals surface area contributed by atoms with Crippen LogP contribution in [0.2, 0.25) is 0 Å². The molecule has 0 amide bonds. The van der Waals surface area contributed by atoms with Gasteiger partial charge in [-0.25, -0.2) is 0 Å². The summed E-state index contributed by atoms with van der Waals surface area (Å²) >= 11 is 0. The van der Waals surface area contributed by atoms with Crippen molar-refractivity contribution in [1.82, 2.24) is 10.1 Å². The second-order valence-corrected chi connectivity index (χ2v) is 4.34. The molecule has 1 saturated carbocycles. The molecule has 1 aliphatic carbocycles. The Morgan fingerprint density at radius 2 is 2.29 bits per heavy atom. The van der Waals surface area contributed by atoms with Crippen LogP contribution in [0, 0.1) is 0 Å². The van der Waals surface area contributed by atoms with Crippen LogP contribution in [-0.2, 0) is 11.8 Å². The number of aliphatic hydroxyl groups excluding tert-OH is 1. The molecule has 1 aromatic heterocycles. The van der Waals surface area contributed by atoms with Crippen molar-refractivity contribution in [2.45, 2.75) is 51.0 Å². The second-order valence-electron chi connectivity index (χ2n) is 4.34. The van der Waals surface area contributed by atoms with Gasteiger partial charge in [0.05, 0.1) is 12.5 Å². The summed E-state index contributed by atoms with van der Waals surface area (Å²) in [6, 6.07) is 0. The van der Waals surface area contributed by atoms with Crippen LogP contribution in [0.4, 0.5) is 0 Å². The predicted octanol–water partition coefficient (Wildman–Crippen LogP) is 1.43. The maximum absolute atomic E-state index is 9.41. The van der Waals surface area contributed by atoms with Gasteiger partial charge in [0, 0.05) is 5.41 Å². The predicted molar refractivity (Wildman–Crippen MR) is 50.9 cm³/mol. The van der Waals surface area contributed by atoms with Gasteiger partial charge in [0.2, 0.25) is 5.89 Å². The summed E-state index contributed by atoms with van der Waals surface area (Å²) in [6.45, 7) is 4.07. The third-order valence-electron chi connectivity index (χ3n) is 2.89. The molecule has 2 rings (SSSR count). The average Bonchev–Trinajstić information content (AvgIpc) is 2.75. The molecule has 0 spiro atoms. The van der Waals surface area contributed by atoms with Crippen molar-refractivity contribution in [2.24, 2.45) is 0 Å². The minimum absolute atomic E-state index is 0.152. The van der Waals surface area contributed by atoms with Crippen LogP contribution in [0.5, 0.6) is 0 Å². The van der Waals surface area contributed by atoms with Crippen LogP contribution in [0.1, 0.15) is 44.8 Å². The standard InChI is InChI=1S/C10H16N2O2/c1-3-7(13)6-8-11-9(12-14-8)10(2)4-5-10/h7,13H,3-6H2,1-2H3. The monoisotopic (exact) mass is 196 g/mol. The van der Waals surface area contributed by atoms with Crippen LogP contribution in [0.15, 0.2) is 4.52 Å². The zero-order valence-electron chi connectivity index (χ0n) is 8.66. The highest BCUT2D eigenvalue weighted by Crippen LogP contribution is 2.45. The smallest absolute Gasteiger partial charge is 0.229 e. The van der Waals surface area contributed by atoms with E-state index in [9.17, 15) is 5.11 Å². The molecule has 1 N–H and O–H groups in total. The first-order valence-electron chi connectivity index (χ1n) is 5.15. The maximum atomic E-state index is 9.41. The Balaban J connectivity index is 2.03. The fourth-order valence-electron chi connectivity index (χ4n) is 1.34. The van der Waals surface area contributed by atoms with Gasteiger partial charge < -0.3 is 9.63 Å². The lowest BCUT2D eigenvalue weighted by Gasteiger charge is -2.01. The molecule has 1 unspecified atom stereocenters. The van der Waals surface area contributed by atoms with E-state index in [2.05, 4.69) is 17.1 Å². The summed E-state index contributed by atoms with van der Waals surface area (Å²) in [5.41, 5.74) is 0.152. The zero-order valence-corrected chi connectivity index (χ0v) is 8.66. The highest BCUT2D eigenvalue weighted by molar-refractivity contribution is 5.14. The molecule has 4 heteroatoms. The Bertz CT molecular complexity index is 318. The van der Waals surface area contributed by atoms with E-state index in [4.69, 9.17) is 4.52 Å². The second kappa shape index (κ2) is 3.35. The van der Waals surface area contributed by atoms with Crippen molar-refractivity contribution in [1.29, 1.82) is 0 Å². The summed E-state index contributed by atoms with van der Waals surface area (Å²) in [6.07, 6.45) is 3.11. The van der Waals surface area contributed by atoms with E-state index in [1.807, 2.05) is 6.92 Å². The fraction of sp³-hybridized carbons (Fsp3) is 0.800. The first-order chi connectivity index (χ1) is 6.64. The van der Waals surface area contributed by atoms with Crippen LogP contribution in [-0.4, -0.2) is 21.4 Å². The molecule has 1 aliphatic rings. The molecule has 1 aromatic rings. The van der Waals surface area contributed by atoms with Gasteiger partial charge in [-0.3, -0.25) is 0 Å². The molecule has 0 bridgehead atoms. The van der Waals surface area contributed by atoms with E-state index in [-0.39, 0.29) is 11.5 Å². The van der Waals surface area contributed by atoms with Gasteiger partial charge in [0.15, 0.2) is 5.82 Å². The quantitative estimate of drug-likeness (QED) is 0.791. The van der Waals surface area contributed by atoms with E-state index in [1.54, 1.807) is 0 Å². The van der Waals surface area contributed by atoms with Gasteiger partial charge in [-0.1, -0.05) is 19.0 Å². The van der Waals surface area contributed by atoms with Crippen molar-refractivity contribution in [3.05, 3.63) is 11.7 Å². The largest absolute Gasteiger partial charge is 0.393 e. The Labute approximate surface area is 83.3 Å². The van der Waals surface area contributed by atoms with Crippen LogP contribution >= 0.6 is 0 Å². The molecule has 1 heterocycles. The third-order valence-corrected chi connectivity index (χ3v) is 2.89. The molecule has 0 saturated heterocycles. The number of hydrogen-bond acceptors (Lipinski definition) is 4. The van der Waals surface area contributed by atoms with Gasteiger partial charge in [-0.05, 0) is 19.3 Å². The van der Waals surface area contributed by atoms with Crippen LogP contribution in [0.25, 0.3) is 0 Å². The minimum Gasteiger partial charge on any atom is -0.393 e. The number of nitrogens with zero attached hydrogens (tertiary/aromatic N) is 2. The third kappa shape index (κ3) is 1.80. The minimum atomic E-state index is -0.365. The molecule has 1 atom stereocenters. The lowest BCUT2D eigenvalue weighted by atomic mass is 10.1. The van der Waals surface area contributed by atoms with Crippen molar-refractivity contribution < 1.29 is 9.63 Å². The summed E-state index contributed by atoms with van der Waals surface area (Å²) in [5.74, 6) is 1.36. The molecule has 1 fully saturated rings. The van der Waals surface area contributed by atoms with Crippen LogP contribution in [0.3, 0.4) is 0 Å². The van der Waals surface area contributed by atoms with Gasteiger partial charge >= 0.3 is 0 Å². The van der Waals surface area contributed by atoms with E-state index < -0.39 is 0 Å². The highest BCUT2D eigenvalue weighted by atomic mass is 16.5.